The Bertz CT molecular complexity index is 1470. The van der Waals surface area contributed by atoms with Gasteiger partial charge in [0.15, 0.2) is 0 Å². The van der Waals surface area contributed by atoms with Gasteiger partial charge in [-0.1, -0.05) is 0 Å². The maximum atomic E-state index is 13.7. The van der Waals surface area contributed by atoms with Crippen molar-refractivity contribution >= 4 is 5.91 Å². The summed E-state index contributed by atoms with van der Waals surface area (Å²) in [7, 11) is 0. The van der Waals surface area contributed by atoms with Crippen molar-refractivity contribution in [3.8, 4) is 11.3 Å². The lowest BCUT2D eigenvalue weighted by molar-refractivity contribution is 0.0930. The molecule has 5 rings (SSSR count). The number of amides is 1. The molecule has 0 aliphatic heterocycles. The largest absolute Gasteiger partial charge is 0.343 e. The smallest absolute Gasteiger partial charge is 0.251 e. The van der Waals surface area contributed by atoms with E-state index in [-0.39, 0.29) is 18.0 Å². The number of rotatable bonds is 9. The molecule has 0 bridgehead atoms. The summed E-state index contributed by atoms with van der Waals surface area (Å²) in [5, 5.41) is 16.3. The summed E-state index contributed by atoms with van der Waals surface area (Å²) >= 11 is 0. The normalized spacial score (nSPS) is 14.2. The van der Waals surface area contributed by atoms with E-state index in [1.54, 1.807) is 6.20 Å². The maximum Gasteiger partial charge on any atom is 0.251 e. The van der Waals surface area contributed by atoms with E-state index in [1.165, 1.54) is 0 Å². The van der Waals surface area contributed by atoms with Gasteiger partial charge in [0, 0.05) is 48.5 Å². The average Bonchev–Trinajstić information content (AvgIpc) is 3.48. The predicted octanol–water partition coefficient (Wildman–Crippen LogP) is 4.87. The molecule has 3 aromatic heterocycles. The zero-order chi connectivity index (χ0) is 26.1. The Kier molecular flexibility index (Phi) is 6.82. The van der Waals surface area contributed by atoms with Crippen LogP contribution in [-0.4, -0.2) is 29.8 Å². The van der Waals surface area contributed by atoms with Gasteiger partial charge in [0.05, 0.1) is 24.0 Å². The van der Waals surface area contributed by atoms with E-state index in [0.29, 0.717) is 23.6 Å². The molecule has 1 aromatic carbocycles. The van der Waals surface area contributed by atoms with Gasteiger partial charge in [-0.25, -0.2) is 0 Å². The number of benzene rings is 1. The van der Waals surface area contributed by atoms with Gasteiger partial charge in [-0.3, -0.25) is 19.9 Å². The minimum absolute atomic E-state index is 0.103. The van der Waals surface area contributed by atoms with Crippen LogP contribution in [-0.2, 0) is 13.1 Å². The fourth-order valence-electron chi connectivity index (χ4n) is 4.88. The average molecular weight is 498 g/mol. The minimum Gasteiger partial charge on any atom is -0.343 e. The Balaban J connectivity index is 1.52. The third-order valence-corrected chi connectivity index (χ3v) is 7.01. The molecule has 3 heterocycles. The first-order valence-electron chi connectivity index (χ1n) is 13.1. The van der Waals surface area contributed by atoms with Crippen LogP contribution in [0.5, 0.6) is 0 Å². The van der Waals surface area contributed by atoms with Crippen molar-refractivity contribution in [3.05, 3.63) is 89.2 Å². The lowest BCUT2D eigenvalue weighted by atomic mass is 10.0. The van der Waals surface area contributed by atoms with E-state index in [2.05, 4.69) is 48.3 Å². The van der Waals surface area contributed by atoms with Crippen LogP contribution in [0.2, 0.25) is 0 Å². The molecule has 1 aliphatic rings. The van der Waals surface area contributed by atoms with E-state index in [9.17, 15) is 4.79 Å². The SMILES string of the molecule is CCn1ccn(Cc2cc(C(=O)N[C@@H](c3cc(C)ccn3)C3CC3)cc(-c3ccnn3C(C)C)c2)c1=N. The number of hydrogen-bond donors (Lipinski definition) is 2. The van der Waals surface area contributed by atoms with Crippen molar-refractivity contribution in [2.75, 3.05) is 0 Å². The van der Waals surface area contributed by atoms with Gasteiger partial charge in [0.1, 0.15) is 0 Å². The molecular formula is C29H35N7O. The standard InChI is InChI=1S/C29H35N7O/c1-5-34-12-13-35(29(34)30)18-21-15-23(26-9-11-32-36(26)19(2)3)17-24(16-21)28(37)33-27(22-6-7-22)25-14-20(4)8-10-31-25/h8-17,19,22,27,30H,5-7,18H2,1-4H3,(H,33,37)/t27-/m1/s1. The second kappa shape index (κ2) is 10.2. The molecule has 1 fully saturated rings. The van der Waals surface area contributed by atoms with Crippen LogP contribution in [0.3, 0.4) is 0 Å². The highest BCUT2D eigenvalue weighted by atomic mass is 16.1. The van der Waals surface area contributed by atoms with Crippen molar-refractivity contribution in [2.45, 2.75) is 65.7 Å². The second-order valence-electron chi connectivity index (χ2n) is 10.3. The third-order valence-electron chi connectivity index (χ3n) is 7.01. The van der Waals surface area contributed by atoms with Gasteiger partial charge in [0.25, 0.3) is 5.91 Å². The number of aryl methyl sites for hydroxylation is 2. The first-order chi connectivity index (χ1) is 17.8. The van der Waals surface area contributed by atoms with Crippen LogP contribution >= 0.6 is 0 Å². The fourth-order valence-corrected chi connectivity index (χ4v) is 4.88. The molecule has 192 valence electrons. The summed E-state index contributed by atoms with van der Waals surface area (Å²) in [4.78, 5) is 18.3. The molecular weight excluding hydrogens is 462 g/mol. The number of nitrogens with zero attached hydrogens (tertiary/aromatic N) is 5. The highest BCUT2D eigenvalue weighted by molar-refractivity contribution is 5.96. The summed E-state index contributed by atoms with van der Waals surface area (Å²) in [5.74, 6) is 0.305. The highest BCUT2D eigenvalue weighted by Crippen LogP contribution is 2.40. The van der Waals surface area contributed by atoms with Crippen LogP contribution in [0.25, 0.3) is 11.3 Å². The molecule has 4 aromatic rings. The number of hydrogen-bond acceptors (Lipinski definition) is 4. The number of carbonyl (C=O) groups is 1. The van der Waals surface area contributed by atoms with E-state index in [0.717, 1.165) is 47.5 Å². The Labute approximate surface area is 217 Å². The lowest BCUT2D eigenvalue weighted by Crippen LogP contribution is -2.30. The number of carbonyl (C=O) groups excluding carboxylic acids is 1. The summed E-state index contributed by atoms with van der Waals surface area (Å²) in [6.07, 6.45) is 9.64. The molecule has 0 spiro atoms. The first-order valence-corrected chi connectivity index (χ1v) is 13.1. The molecule has 0 radical (unpaired) electrons. The van der Waals surface area contributed by atoms with E-state index in [1.807, 2.05) is 63.6 Å². The molecule has 37 heavy (non-hydrogen) atoms. The van der Waals surface area contributed by atoms with E-state index in [4.69, 9.17) is 5.41 Å². The zero-order valence-electron chi connectivity index (χ0n) is 22.0. The molecule has 1 aliphatic carbocycles. The number of nitrogens with one attached hydrogen (secondary N) is 2. The summed E-state index contributed by atoms with van der Waals surface area (Å²) in [6.45, 7) is 9.51. The van der Waals surface area contributed by atoms with Crippen molar-refractivity contribution in [2.24, 2.45) is 5.92 Å². The second-order valence-corrected chi connectivity index (χ2v) is 10.3. The van der Waals surface area contributed by atoms with Crippen molar-refractivity contribution in [3.63, 3.8) is 0 Å². The van der Waals surface area contributed by atoms with Gasteiger partial charge in [-0.2, -0.15) is 5.10 Å². The van der Waals surface area contributed by atoms with Gasteiger partial charge in [-0.05, 0) is 94.0 Å². The maximum absolute atomic E-state index is 13.7. The summed E-state index contributed by atoms with van der Waals surface area (Å²) < 4.78 is 5.76. The zero-order valence-corrected chi connectivity index (χ0v) is 22.0. The monoisotopic (exact) mass is 497 g/mol. The first kappa shape index (κ1) is 24.7. The molecule has 8 heteroatoms. The van der Waals surface area contributed by atoms with Gasteiger partial charge >= 0.3 is 0 Å². The van der Waals surface area contributed by atoms with E-state index < -0.39 is 0 Å². The Hall–Kier alpha value is -3.94. The molecule has 8 nitrogen and oxygen atoms in total. The van der Waals surface area contributed by atoms with Crippen molar-refractivity contribution in [1.82, 2.24) is 29.2 Å². The molecule has 1 atom stereocenters. The van der Waals surface area contributed by atoms with Crippen molar-refractivity contribution in [1.29, 1.82) is 5.41 Å². The molecule has 0 saturated heterocycles. The minimum atomic E-state index is -0.110. The van der Waals surface area contributed by atoms with Crippen LogP contribution in [0.1, 0.15) is 72.9 Å². The Morgan fingerprint density at radius 2 is 1.89 bits per heavy atom. The van der Waals surface area contributed by atoms with E-state index >= 15 is 0 Å². The van der Waals surface area contributed by atoms with Gasteiger partial charge in [-0.15, -0.1) is 0 Å². The third kappa shape index (κ3) is 5.28. The molecule has 2 N–H and O–H groups in total. The van der Waals surface area contributed by atoms with Crippen LogP contribution in [0.15, 0.2) is 61.2 Å². The Morgan fingerprint density at radius 1 is 1.11 bits per heavy atom. The number of aromatic nitrogens is 5. The quantitative estimate of drug-likeness (QED) is 0.346. The highest BCUT2D eigenvalue weighted by Gasteiger charge is 2.34. The molecule has 0 unspecified atom stereocenters. The number of imidazole rings is 1. The van der Waals surface area contributed by atoms with Crippen LogP contribution < -0.4 is 10.9 Å². The topological polar surface area (TPSA) is 93.5 Å². The Morgan fingerprint density at radius 3 is 2.57 bits per heavy atom. The van der Waals surface area contributed by atoms with Gasteiger partial charge < -0.3 is 14.5 Å². The number of pyridine rings is 1. The van der Waals surface area contributed by atoms with Crippen LogP contribution in [0.4, 0.5) is 0 Å². The predicted molar refractivity (Wildman–Crippen MR) is 143 cm³/mol. The van der Waals surface area contributed by atoms with Gasteiger partial charge in [0.2, 0.25) is 5.62 Å². The summed E-state index contributed by atoms with van der Waals surface area (Å²) in [5.41, 5.74) is 5.96. The summed E-state index contributed by atoms with van der Waals surface area (Å²) in [6, 6.07) is 12.1. The lowest BCUT2D eigenvalue weighted by Gasteiger charge is -2.19. The molecule has 1 saturated carbocycles. The molecule has 1 amide bonds. The van der Waals surface area contributed by atoms with Crippen LogP contribution in [0, 0.1) is 18.3 Å². The fraction of sp³-hybridized carbons (Fsp3) is 0.379. The van der Waals surface area contributed by atoms with Crippen molar-refractivity contribution < 1.29 is 4.79 Å².